The van der Waals surface area contributed by atoms with Crippen molar-refractivity contribution in [1.29, 1.82) is 0 Å². The predicted octanol–water partition coefficient (Wildman–Crippen LogP) is 2.47. The van der Waals surface area contributed by atoms with E-state index in [9.17, 15) is 4.79 Å². The predicted molar refractivity (Wildman–Crippen MR) is 77.9 cm³/mol. The summed E-state index contributed by atoms with van der Waals surface area (Å²) in [6.07, 6.45) is 1.55. The highest BCUT2D eigenvalue weighted by Crippen LogP contribution is 2.26. The second-order valence-electron chi connectivity index (χ2n) is 4.70. The fraction of sp³-hybridized carbons (Fsp3) is 0.200. The second kappa shape index (κ2) is 5.61. The molecule has 1 heterocycles. The quantitative estimate of drug-likeness (QED) is 0.871. The van der Waals surface area contributed by atoms with Gasteiger partial charge in [0.1, 0.15) is 17.2 Å². The van der Waals surface area contributed by atoms with E-state index >= 15 is 0 Å². The lowest BCUT2D eigenvalue weighted by atomic mass is 10.2. The number of aromatic nitrogens is 1. The van der Waals surface area contributed by atoms with Crippen molar-refractivity contribution in [1.82, 2.24) is 9.88 Å². The molecule has 0 fully saturated rings. The normalized spacial score (nSPS) is 10.2. The van der Waals surface area contributed by atoms with Gasteiger partial charge in [-0.25, -0.2) is 0 Å². The first-order valence-electron chi connectivity index (χ1n) is 6.19. The summed E-state index contributed by atoms with van der Waals surface area (Å²) in [7, 11) is 3.36. The number of benzene rings is 1. The van der Waals surface area contributed by atoms with Crippen molar-refractivity contribution in [3.8, 4) is 11.5 Å². The van der Waals surface area contributed by atoms with E-state index < -0.39 is 0 Å². The lowest BCUT2D eigenvalue weighted by Crippen LogP contribution is -2.22. The third-order valence-corrected chi connectivity index (χ3v) is 2.78. The number of nitrogens with zero attached hydrogens (tertiary/aromatic N) is 2. The highest BCUT2D eigenvalue weighted by molar-refractivity contribution is 5.92. The van der Waals surface area contributed by atoms with Gasteiger partial charge in [0.25, 0.3) is 5.91 Å². The molecule has 5 nitrogen and oxygen atoms in total. The third kappa shape index (κ3) is 3.06. The minimum atomic E-state index is -0.163. The first kappa shape index (κ1) is 13.9. The van der Waals surface area contributed by atoms with Crippen LogP contribution in [0.25, 0.3) is 0 Å². The fourth-order valence-corrected chi connectivity index (χ4v) is 1.73. The van der Waals surface area contributed by atoms with Crippen LogP contribution >= 0.6 is 0 Å². The Balaban J connectivity index is 2.26. The molecule has 0 saturated carbocycles. The number of amides is 1. The van der Waals surface area contributed by atoms with E-state index in [1.54, 1.807) is 44.6 Å². The number of ether oxygens (including phenoxy) is 1. The van der Waals surface area contributed by atoms with Crippen molar-refractivity contribution in [3.05, 3.63) is 47.8 Å². The highest BCUT2D eigenvalue weighted by Gasteiger charge is 2.11. The summed E-state index contributed by atoms with van der Waals surface area (Å²) in [6, 6.07) is 8.75. The zero-order valence-electron chi connectivity index (χ0n) is 11.8. The van der Waals surface area contributed by atoms with Gasteiger partial charge in [0.15, 0.2) is 0 Å². The number of nitrogens with two attached hydrogens (primary N) is 1. The first-order chi connectivity index (χ1) is 9.47. The van der Waals surface area contributed by atoms with E-state index in [1.165, 1.54) is 4.90 Å². The molecule has 2 rings (SSSR count). The summed E-state index contributed by atoms with van der Waals surface area (Å²) >= 11 is 0. The van der Waals surface area contributed by atoms with E-state index in [1.807, 2.05) is 13.0 Å². The summed E-state index contributed by atoms with van der Waals surface area (Å²) in [5, 5.41) is 0. The topological polar surface area (TPSA) is 68.5 Å². The van der Waals surface area contributed by atoms with Gasteiger partial charge >= 0.3 is 0 Å². The molecular weight excluding hydrogens is 254 g/mol. The van der Waals surface area contributed by atoms with E-state index in [0.717, 1.165) is 5.56 Å². The molecule has 0 bridgehead atoms. The molecule has 1 amide bonds. The molecule has 0 aliphatic carbocycles. The zero-order chi connectivity index (χ0) is 14.7. The SMILES string of the molecule is Cc1cc(N)ccc1Oc1ccnc(C(=O)N(C)C)c1. The molecule has 0 saturated heterocycles. The number of anilines is 1. The monoisotopic (exact) mass is 271 g/mol. The molecule has 2 N–H and O–H groups in total. The van der Waals surface area contributed by atoms with Crippen LogP contribution in [0.2, 0.25) is 0 Å². The molecule has 104 valence electrons. The van der Waals surface area contributed by atoms with Crippen LogP contribution in [0.5, 0.6) is 11.5 Å². The molecule has 0 aliphatic heterocycles. The number of pyridine rings is 1. The van der Waals surface area contributed by atoms with Crippen LogP contribution in [0.1, 0.15) is 16.1 Å². The standard InChI is InChI=1S/C15H17N3O2/c1-10-8-11(16)4-5-14(10)20-12-6-7-17-13(9-12)15(19)18(2)3/h4-9H,16H2,1-3H3. The van der Waals surface area contributed by atoms with Crippen molar-refractivity contribution in [2.45, 2.75) is 6.92 Å². The van der Waals surface area contributed by atoms with Gasteiger partial charge in [-0.3, -0.25) is 9.78 Å². The van der Waals surface area contributed by atoms with Gasteiger partial charge in [-0.1, -0.05) is 0 Å². The van der Waals surface area contributed by atoms with Crippen molar-refractivity contribution >= 4 is 11.6 Å². The van der Waals surface area contributed by atoms with E-state index in [0.29, 0.717) is 22.9 Å². The van der Waals surface area contributed by atoms with Crippen LogP contribution in [0, 0.1) is 6.92 Å². The van der Waals surface area contributed by atoms with Crippen molar-refractivity contribution in [2.24, 2.45) is 0 Å². The maximum absolute atomic E-state index is 11.9. The lowest BCUT2D eigenvalue weighted by Gasteiger charge is -2.12. The molecule has 1 aromatic heterocycles. The molecule has 2 aromatic rings. The van der Waals surface area contributed by atoms with Gasteiger partial charge in [0.2, 0.25) is 0 Å². The molecule has 5 heteroatoms. The summed E-state index contributed by atoms with van der Waals surface area (Å²) in [6.45, 7) is 1.92. The van der Waals surface area contributed by atoms with E-state index in [2.05, 4.69) is 4.98 Å². The first-order valence-corrected chi connectivity index (χ1v) is 6.19. The van der Waals surface area contributed by atoms with Gasteiger partial charge in [-0.2, -0.15) is 0 Å². The molecule has 20 heavy (non-hydrogen) atoms. The van der Waals surface area contributed by atoms with E-state index in [4.69, 9.17) is 10.5 Å². The fourth-order valence-electron chi connectivity index (χ4n) is 1.73. The molecule has 1 aromatic carbocycles. The molecule has 0 aliphatic rings. The number of rotatable bonds is 3. The Labute approximate surface area is 118 Å². The van der Waals surface area contributed by atoms with E-state index in [-0.39, 0.29) is 5.91 Å². The Morgan fingerprint density at radius 3 is 2.65 bits per heavy atom. The van der Waals surface area contributed by atoms with Gasteiger partial charge in [-0.05, 0) is 36.8 Å². The highest BCUT2D eigenvalue weighted by atomic mass is 16.5. The number of aryl methyl sites for hydroxylation is 1. The number of hydrogen-bond acceptors (Lipinski definition) is 4. The second-order valence-corrected chi connectivity index (χ2v) is 4.70. The Hall–Kier alpha value is -2.56. The Kier molecular flexibility index (Phi) is 3.89. The Bertz CT molecular complexity index is 639. The minimum Gasteiger partial charge on any atom is -0.457 e. The minimum absolute atomic E-state index is 0.163. The van der Waals surface area contributed by atoms with Crippen molar-refractivity contribution < 1.29 is 9.53 Å². The van der Waals surface area contributed by atoms with Crippen LogP contribution in [0.15, 0.2) is 36.5 Å². The Morgan fingerprint density at radius 2 is 2.00 bits per heavy atom. The van der Waals surface area contributed by atoms with Crippen LogP contribution in [0.4, 0.5) is 5.69 Å². The van der Waals surface area contributed by atoms with Crippen molar-refractivity contribution in [3.63, 3.8) is 0 Å². The smallest absolute Gasteiger partial charge is 0.272 e. The number of hydrogen-bond donors (Lipinski definition) is 1. The maximum Gasteiger partial charge on any atom is 0.272 e. The number of nitrogen functional groups attached to an aromatic ring is 1. The van der Waals surface area contributed by atoms with Crippen LogP contribution in [-0.4, -0.2) is 29.9 Å². The van der Waals surface area contributed by atoms with Gasteiger partial charge in [0.05, 0.1) is 0 Å². The van der Waals surface area contributed by atoms with Crippen LogP contribution < -0.4 is 10.5 Å². The summed E-state index contributed by atoms with van der Waals surface area (Å²) in [4.78, 5) is 17.4. The molecule has 0 radical (unpaired) electrons. The average molecular weight is 271 g/mol. The van der Waals surface area contributed by atoms with Crippen molar-refractivity contribution in [2.75, 3.05) is 19.8 Å². The van der Waals surface area contributed by atoms with Gasteiger partial charge < -0.3 is 15.4 Å². The summed E-state index contributed by atoms with van der Waals surface area (Å²) in [5.74, 6) is 1.11. The van der Waals surface area contributed by atoms with Crippen LogP contribution in [-0.2, 0) is 0 Å². The number of carbonyl (C=O) groups is 1. The largest absolute Gasteiger partial charge is 0.457 e. The maximum atomic E-state index is 11.9. The molecule has 0 spiro atoms. The van der Waals surface area contributed by atoms with Crippen LogP contribution in [0.3, 0.4) is 0 Å². The van der Waals surface area contributed by atoms with Gasteiger partial charge in [-0.15, -0.1) is 0 Å². The average Bonchev–Trinajstić information content (AvgIpc) is 2.41. The third-order valence-electron chi connectivity index (χ3n) is 2.78. The molecule has 0 atom stereocenters. The molecular formula is C15H17N3O2. The zero-order valence-corrected chi connectivity index (χ0v) is 11.8. The lowest BCUT2D eigenvalue weighted by molar-refractivity contribution is 0.0821. The molecule has 0 unspecified atom stereocenters. The number of carbonyl (C=O) groups excluding carboxylic acids is 1. The summed E-state index contributed by atoms with van der Waals surface area (Å²) in [5.41, 5.74) is 7.67. The van der Waals surface area contributed by atoms with Gasteiger partial charge in [0, 0.05) is 32.0 Å². The summed E-state index contributed by atoms with van der Waals surface area (Å²) < 4.78 is 5.77. The Morgan fingerprint density at radius 1 is 1.25 bits per heavy atom.